The number of nitro groups is 1. The molecule has 2 aromatic carbocycles. The van der Waals surface area contributed by atoms with E-state index >= 15 is 0 Å². The van der Waals surface area contributed by atoms with Crippen LogP contribution in [0, 0.1) is 21.4 Å². The third-order valence-electron chi connectivity index (χ3n) is 4.14. The number of para-hydroxylation sites is 1. The Hall–Kier alpha value is -3.39. The zero-order valence-electron chi connectivity index (χ0n) is 14.0. The highest BCUT2D eigenvalue weighted by Crippen LogP contribution is 2.28. The Morgan fingerprint density at radius 2 is 1.88 bits per heavy atom. The minimum atomic E-state index is -0.449. The van der Waals surface area contributed by atoms with Crippen molar-refractivity contribution in [1.29, 1.82) is 5.26 Å². The van der Waals surface area contributed by atoms with Crippen LogP contribution in [0.15, 0.2) is 54.7 Å². The van der Waals surface area contributed by atoms with Gasteiger partial charge in [0.25, 0.3) is 5.69 Å². The SMILES string of the molecule is CC(C)n1cc(/C=C(/C#N)c2ccc([N+](=O)[O-])cc2)c2ccccc21. The Balaban J connectivity index is 2.10. The molecule has 0 amide bonds. The Kier molecular flexibility index (Phi) is 4.36. The van der Waals surface area contributed by atoms with Crippen LogP contribution >= 0.6 is 0 Å². The van der Waals surface area contributed by atoms with E-state index < -0.39 is 4.92 Å². The van der Waals surface area contributed by atoms with E-state index in [-0.39, 0.29) is 5.69 Å². The molecule has 0 bridgehead atoms. The molecule has 0 spiro atoms. The maximum absolute atomic E-state index is 10.8. The van der Waals surface area contributed by atoms with Crippen LogP contribution in [0.25, 0.3) is 22.6 Å². The van der Waals surface area contributed by atoms with Crippen molar-refractivity contribution in [2.45, 2.75) is 19.9 Å². The Bertz CT molecular complexity index is 1010. The highest BCUT2D eigenvalue weighted by molar-refractivity contribution is 5.98. The molecule has 0 aliphatic heterocycles. The molecule has 5 nitrogen and oxygen atoms in total. The van der Waals surface area contributed by atoms with E-state index in [9.17, 15) is 15.4 Å². The summed E-state index contributed by atoms with van der Waals surface area (Å²) >= 11 is 0. The largest absolute Gasteiger partial charge is 0.344 e. The molecule has 3 aromatic rings. The first-order valence-electron chi connectivity index (χ1n) is 7.97. The maximum atomic E-state index is 10.8. The zero-order valence-corrected chi connectivity index (χ0v) is 14.0. The number of fused-ring (bicyclic) bond motifs is 1. The molecular weight excluding hydrogens is 314 g/mol. The number of rotatable bonds is 4. The second-order valence-electron chi connectivity index (χ2n) is 6.08. The first kappa shape index (κ1) is 16.5. The number of allylic oxidation sites excluding steroid dienone is 1. The molecule has 1 heterocycles. The predicted octanol–water partition coefficient (Wildman–Crippen LogP) is 5.19. The van der Waals surface area contributed by atoms with Crippen molar-refractivity contribution < 1.29 is 4.92 Å². The van der Waals surface area contributed by atoms with Crippen LogP contribution in [0.4, 0.5) is 5.69 Å². The topological polar surface area (TPSA) is 71.9 Å². The van der Waals surface area contributed by atoms with Crippen LogP contribution < -0.4 is 0 Å². The number of benzene rings is 2. The van der Waals surface area contributed by atoms with E-state index in [0.717, 1.165) is 16.5 Å². The van der Waals surface area contributed by atoms with E-state index in [1.54, 1.807) is 12.1 Å². The number of nitriles is 1. The van der Waals surface area contributed by atoms with E-state index in [2.05, 4.69) is 30.6 Å². The highest BCUT2D eigenvalue weighted by Gasteiger charge is 2.11. The van der Waals surface area contributed by atoms with Crippen LogP contribution in [0.1, 0.15) is 31.0 Å². The Morgan fingerprint density at radius 1 is 1.20 bits per heavy atom. The van der Waals surface area contributed by atoms with Crippen LogP contribution in [-0.2, 0) is 0 Å². The lowest BCUT2D eigenvalue weighted by Crippen LogP contribution is -1.97. The number of non-ortho nitro benzene ring substituents is 1. The van der Waals surface area contributed by atoms with Gasteiger partial charge in [0.2, 0.25) is 0 Å². The Morgan fingerprint density at radius 3 is 2.48 bits per heavy atom. The van der Waals surface area contributed by atoms with Gasteiger partial charge >= 0.3 is 0 Å². The van der Waals surface area contributed by atoms with E-state index in [4.69, 9.17) is 0 Å². The number of hydrogen-bond donors (Lipinski definition) is 0. The summed E-state index contributed by atoms with van der Waals surface area (Å²) in [7, 11) is 0. The van der Waals surface area contributed by atoms with Crippen molar-refractivity contribution >= 4 is 28.2 Å². The Labute approximate surface area is 145 Å². The van der Waals surface area contributed by atoms with Gasteiger partial charge in [-0.25, -0.2) is 0 Å². The minimum Gasteiger partial charge on any atom is -0.344 e. The van der Waals surface area contributed by atoms with Gasteiger partial charge in [-0.15, -0.1) is 0 Å². The van der Waals surface area contributed by atoms with Crippen molar-refractivity contribution in [1.82, 2.24) is 4.57 Å². The van der Waals surface area contributed by atoms with Crippen molar-refractivity contribution in [2.24, 2.45) is 0 Å². The van der Waals surface area contributed by atoms with Crippen LogP contribution in [0.5, 0.6) is 0 Å². The van der Waals surface area contributed by atoms with E-state index in [1.807, 2.05) is 30.5 Å². The zero-order chi connectivity index (χ0) is 18.0. The molecule has 0 aliphatic carbocycles. The van der Waals surface area contributed by atoms with Crippen molar-refractivity contribution in [2.75, 3.05) is 0 Å². The molecule has 0 aliphatic rings. The molecule has 3 rings (SSSR count). The minimum absolute atomic E-state index is 0.0115. The fourth-order valence-corrected chi connectivity index (χ4v) is 2.87. The molecule has 0 fully saturated rings. The van der Waals surface area contributed by atoms with Crippen LogP contribution in [-0.4, -0.2) is 9.49 Å². The summed E-state index contributed by atoms with van der Waals surface area (Å²) in [5.41, 5.74) is 3.22. The van der Waals surface area contributed by atoms with Gasteiger partial charge in [0.1, 0.15) is 0 Å². The lowest BCUT2D eigenvalue weighted by molar-refractivity contribution is -0.384. The van der Waals surface area contributed by atoms with E-state index in [1.165, 1.54) is 12.1 Å². The van der Waals surface area contributed by atoms with Gasteiger partial charge in [0.05, 0.1) is 16.6 Å². The van der Waals surface area contributed by atoms with E-state index in [0.29, 0.717) is 17.2 Å². The summed E-state index contributed by atoms with van der Waals surface area (Å²) in [6.07, 6.45) is 3.88. The van der Waals surface area contributed by atoms with Crippen molar-refractivity contribution in [3.63, 3.8) is 0 Å². The first-order chi connectivity index (χ1) is 12.0. The van der Waals surface area contributed by atoms with Gasteiger partial charge < -0.3 is 4.57 Å². The number of aromatic nitrogens is 1. The summed E-state index contributed by atoms with van der Waals surface area (Å²) in [4.78, 5) is 10.3. The second-order valence-corrected chi connectivity index (χ2v) is 6.08. The van der Waals surface area contributed by atoms with Crippen molar-refractivity contribution in [3.05, 3.63) is 76.0 Å². The maximum Gasteiger partial charge on any atom is 0.269 e. The predicted molar refractivity (Wildman–Crippen MR) is 98.9 cm³/mol. The normalized spacial score (nSPS) is 11.7. The molecule has 5 heteroatoms. The third kappa shape index (κ3) is 3.15. The standard InChI is InChI=1S/C20H17N3O2/c1-14(2)22-13-17(19-5-3-4-6-20(19)22)11-16(12-21)15-7-9-18(10-8-15)23(24)25/h3-11,13-14H,1-2H3/b16-11-. The van der Waals surface area contributed by atoms with Gasteiger partial charge in [-0.2, -0.15) is 5.26 Å². The van der Waals surface area contributed by atoms with Gasteiger partial charge in [-0.3, -0.25) is 10.1 Å². The lowest BCUT2D eigenvalue weighted by atomic mass is 10.0. The summed E-state index contributed by atoms with van der Waals surface area (Å²) in [5, 5.41) is 21.4. The molecule has 0 unspecified atom stereocenters. The number of nitro benzene ring substituents is 1. The first-order valence-corrected chi connectivity index (χ1v) is 7.97. The molecule has 25 heavy (non-hydrogen) atoms. The van der Waals surface area contributed by atoms with Crippen molar-refractivity contribution in [3.8, 4) is 6.07 Å². The van der Waals surface area contributed by atoms with Crippen LogP contribution in [0.3, 0.4) is 0 Å². The number of hydrogen-bond acceptors (Lipinski definition) is 3. The molecule has 0 N–H and O–H groups in total. The van der Waals surface area contributed by atoms with Crippen LogP contribution in [0.2, 0.25) is 0 Å². The molecule has 124 valence electrons. The molecular formula is C20H17N3O2. The molecule has 0 saturated heterocycles. The lowest BCUT2D eigenvalue weighted by Gasteiger charge is -2.08. The molecule has 0 radical (unpaired) electrons. The monoisotopic (exact) mass is 331 g/mol. The average Bonchev–Trinajstić information content (AvgIpc) is 2.99. The quantitative estimate of drug-likeness (QED) is 0.375. The fourth-order valence-electron chi connectivity index (χ4n) is 2.87. The fraction of sp³-hybridized carbons (Fsp3) is 0.150. The van der Waals surface area contributed by atoms with Gasteiger partial charge in [-0.1, -0.05) is 18.2 Å². The summed E-state index contributed by atoms with van der Waals surface area (Å²) in [6, 6.07) is 16.6. The molecule has 0 saturated carbocycles. The van der Waals surface area contributed by atoms with Gasteiger partial charge in [0, 0.05) is 40.8 Å². The third-order valence-corrected chi connectivity index (χ3v) is 4.14. The summed E-state index contributed by atoms with van der Waals surface area (Å²) < 4.78 is 2.17. The molecule has 0 atom stereocenters. The highest BCUT2D eigenvalue weighted by atomic mass is 16.6. The summed E-state index contributed by atoms with van der Waals surface area (Å²) in [6.45, 7) is 4.23. The molecule has 1 aromatic heterocycles. The second kappa shape index (κ2) is 6.62. The summed E-state index contributed by atoms with van der Waals surface area (Å²) in [5.74, 6) is 0. The van der Waals surface area contributed by atoms with Gasteiger partial charge in [0.15, 0.2) is 0 Å². The number of nitrogens with zero attached hydrogens (tertiary/aromatic N) is 3. The average molecular weight is 331 g/mol. The van der Waals surface area contributed by atoms with Gasteiger partial charge in [-0.05, 0) is 43.7 Å². The smallest absolute Gasteiger partial charge is 0.269 e.